The van der Waals surface area contributed by atoms with Gasteiger partial charge in [0.15, 0.2) is 0 Å². The highest BCUT2D eigenvalue weighted by atomic mass is 19.1. The van der Waals surface area contributed by atoms with E-state index in [-0.39, 0.29) is 24.2 Å². The van der Waals surface area contributed by atoms with Crippen LogP contribution in [-0.4, -0.2) is 28.6 Å². The van der Waals surface area contributed by atoms with Gasteiger partial charge < -0.3 is 14.6 Å². The quantitative estimate of drug-likeness (QED) is 0.752. The zero-order valence-electron chi connectivity index (χ0n) is 15.6. The van der Waals surface area contributed by atoms with Crippen molar-refractivity contribution < 1.29 is 19.1 Å². The summed E-state index contributed by atoms with van der Waals surface area (Å²) in [7, 11) is 1.76. The molecule has 1 unspecified atom stereocenters. The first-order chi connectivity index (χ1) is 13.5. The number of halogens is 1. The second-order valence-corrected chi connectivity index (χ2v) is 7.24. The lowest BCUT2D eigenvalue weighted by Gasteiger charge is -2.27. The number of aliphatic carboxylic acids is 1. The van der Waals surface area contributed by atoms with Crippen LogP contribution in [0.15, 0.2) is 48.5 Å². The van der Waals surface area contributed by atoms with Gasteiger partial charge in [0.25, 0.3) is 0 Å². The van der Waals surface area contributed by atoms with Crippen molar-refractivity contribution in [3.8, 4) is 0 Å². The maximum atomic E-state index is 13.9. The minimum absolute atomic E-state index is 0.0207. The van der Waals surface area contributed by atoms with Crippen molar-refractivity contribution in [1.82, 2.24) is 4.57 Å². The number of benzene rings is 2. The van der Waals surface area contributed by atoms with Crippen molar-refractivity contribution in [1.29, 1.82) is 0 Å². The molecule has 0 saturated carbocycles. The smallest absolute Gasteiger partial charge is 0.323 e. The summed E-state index contributed by atoms with van der Waals surface area (Å²) >= 11 is 0. The van der Waals surface area contributed by atoms with E-state index in [0.717, 1.165) is 16.9 Å². The molecule has 5 nitrogen and oxygen atoms in total. The number of carboxylic acid groups (broad SMARTS) is 1. The molecule has 1 atom stereocenters. The third kappa shape index (κ3) is 3.15. The number of anilines is 1. The van der Waals surface area contributed by atoms with Crippen molar-refractivity contribution >= 4 is 28.5 Å². The van der Waals surface area contributed by atoms with Crippen LogP contribution in [0.3, 0.4) is 0 Å². The van der Waals surface area contributed by atoms with Gasteiger partial charge in [-0.25, -0.2) is 4.39 Å². The third-order valence-electron chi connectivity index (χ3n) is 5.55. The SMILES string of the molecule is CN(C(=O)C1CCc2c(c3cc(F)ccc3n2CC(=O)O)C1)c1ccccc1. The molecule has 4 rings (SSSR count). The molecule has 1 aromatic heterocycles. The molecule has 0 aliphatic heterocycles. The third-order valence-corrected chi connectivity index (χ3v) is 5.55. The monoisotopic (exact) mass is 380 g/mol. The van der Waals surface area contributed by atoms with Crippen molar-refractivity contribution in [3.63, 3.8) is 0 Å². The van der Waals surface area contributed by atoms with Crippen LogP contribution in [0, 0.1) is 11.7 Å². The average molecular weight is 380 g/mol. The Labute approximate surface area is 162 Å². The molecule has 144 valence electrons. The number of carbonyl (C=O) groups is 2. The molecule has 0 bridgehead atoms. The molecule has 1 aliphatic carbocycles. The van der Waals surface area contributed by atoms with Crippen molar-refractivity contribution in [2.45, 2.75) is 25.8 Å². The van der Waals surface area contributed by atoms with Gasteiger partial charge in [-0.05, 0) is 55.2 Å². The van der Waals surface area contributed by atoms with E-state index >= 15 is 0 Å². The number of carbonyl (C=O) groups excluding carboxylic acids is 1. The number of aromatic nitrogens is 1. The molecule has 28 heavy (non-hydrogen) atoms. The zero-order valence-corrected chi connectivity index (χ0v) is 15.6. The Bertz CT molecular complexity index is 1060. The van der Waals surface area contributed by atoms with Gasteiger partial charge in [0.05, 0.1) is 0 Å². The van der Waals surface area contributed by atoms with Crippen LogP contribution < -0.4 is 4.90 Å². The van der Waals surface area contributed by atoms with Gasteiger partial charge in [0, 0.05) is 35.2 Å². The number of para-hydroxylation sites is 1. The molecule has 2 aromatic carbocycles. The van der Waals surface area contributed by atoms with Gasteiger partial charge in [-0.15, -0.1) is 0 Å². The molecule has 1 N–H and O–H groups in total. The topological polar surface area (TPSA) is 62.5 Å². The molecule has 0 radical (unpaired) electrons. The van der Waals surface area contributed by atoms with E-state index in [4.69, 9.17) is 0 Å². The van der Waals surface area contributed by atoms with E-state index in [1.54, 1.807) is 22.6 Å². The fourth-order valence-electron chi connectivity index (χ4n) is 4.20. The normalized spacial score (nSPS) is 16.0. The second kappa shape index (κ2) is 7.11. The molecular formula is C22H21FN2O3. The van der Waals surface area contributed by atoms with Crippen molar-refractivity contribution in [2.24, 2.45) is 5.92 Å². The van der Waals surface area contributed by atoms with Crippen LogP contribution in [0.1, 0.15) is 17.7 Å². The number of hydrogen-bond donors (Lipinski definition) is 1. The highest BCUT2D eigenvalue weighted by Gasteiger charge is 2.31. The first kappa shape index (κ1) is 18.2. The second-order valence-electron chi connectivity index (χ2n) is 7.24. The fraction of sp³-hybridized carbons (Fsp3) is 0.273. The first-order valence-corrected chi connectivity index (χ1v) is 9.29. The Hall–Kier alpha value is -3.15. The molecule has 1 aliphatic rings. The van der Waals surface area contributed by atoms with Gasteiger partial charge in [-0.2, -0.15) is 0 Å². The van der Waals surface area contributed by atoms with Gasteiger partial charge in [0.2, 0.25) is 5.91 Å². The molecule has 3 aromatic rings. The van der Waals surface area contributed by atoms with E-state index in [0.29, 0.717) is 30.2 Å². The van der Waals surface area contributed by atoms with Crippen LogP contribution in [0.4, 0.5) is 10.1 Å². The minimum atomic E-state index is -0.939. The summed E-state index contributed by atoms with van der Waals surface area (Å²) in [6.45, 7) is -0.167. The van der Waals surface area contributed by atoms with Gasteiger partial charge in [-0.3, -0.25) is 9.59 Å². The fourth-order valence-corrected chi connectivity index (χ4v) is 4.20. The molecule has 1 amide bonds. The minimum Gasteiger partial charge on any atom is -0.480 e. The van der Waals surface area contributed by atoms with Gasteiger partial charge in [-0.1, -0.05) is 18.2 Å². The summed E-state index contributed by atoms with van der Waals surface area (Å²) in [6.07, 6.45) is 1.72. The van der Waals surface area contributed by atoms with Crippen LogP contribution in [0.25, 0.3) is 10.9 Å². The average Bonchev–Trinajstić information content (AvgIpc) is 2.99. The van der Waals surface area contributed by atoms with Crippen LogP contribution >= 0.6 is 0 Å². The summed E-state index contributed by atoms with van der Waals surface area (Å²) in [5.74, 6) is -1.50. The first-order valence-electron chi connectivity index (χ1n) is 9.29. The Morgan fingerprint density at radius 2 is 1.96 bits per heavy atom. The number of carboxylic acids is 1. The summed E-state index contributed by atoms with van der Waals surface area (Å²) < 4.78 is 15.6. The Kier molecular flexibility index (Phi) is 4.63. The lowest BCUT2D eigenvalue weighted by Crippen LogP contribution is -2.36. The maximum absolute atomic E-state index is 13.9. The van der Waals surface area contributed by atoms with Crippen molar-refractivity contribution in [3.05, 3.63) is 65.6 Å². The summed E-state index contributed by atoms with van der Waals surface area (Å²) in [5, 5.41) is 9.99. The van der Waals surface area contributed by atoms with E-state index in [2.05, 4.69) is 0 Å². The maximum Gasteiger partial charge on any atom is 0.323 e. The highest BCUT2D eigenvalue weighted by Crippen LogP contribution is 2.36. The number of nitrogens with zero attached hydrogens (tertiary/aromatic N) is 2. The molecule has 6 heteroatoms. The number of rotatable bonds is 4. The Morgan fingerprint density at radius 1 is 1.21 bits per heavy atom. The van der Waals surface area contributed by atoms with Crippen molar-refractivity contribution in [2.75, 3.05) is 11.9 Å². The number of hydrogen-bond acceptors (Lipinski definition) is 2. The molecule has 0 fully saturated rings. The molecular weight excluding hydrogens is 359 g/mol. The Balaban J connectivity index is 1.70. The lowest BCUT2D eigenvalue weighted by molar-refractivity contribution is -0.137. The summed E-state index contributed by atoms with van der Waals surface area (Å²) in [5.41, 5.74) is 3.33. The van der Waals surface area contributed by atoms with Crippen LogP contribution in [0.5, 0.6) is 0 Å². The van der Waals surface area contributed by atoms with E-state index in [1.165, 1.54) is 12.1 Å². The van der Waals surface area contributed by atoms with Gasteiger partial charge >= 0.3 is 5.97 Å². The number of fused-ring (bicyclic) bond motifs is 3. The summed E-state index contributed by atoms with van der Waals surface area (Å²) in [6, 6.07) is 13.9. The van der Waals surface area contributed by atoms with E-state index in [1.807, 2.05) is 30.3 Å². The van der Waals surface area contributed by atoms with E-state index < -0.39 is 5.97 Å². The van der Waals surface area contributed by atoms with Crippen LogP contribution in [-0.2, 0) is 29.0 Å². The Morgan fingerprint density at radius 3 is 2.68 bits per heavy atom. The predicted octanol–water partition coefficient (Wildman–Crippen LogP) is 3.63. The van der Waals surface area contributed by atoms with E-state index in [9.17, 15) is 19.1 Å². The highest BCUT2D eigenvalue weighted by molar-refractivity contribution is 5.96. The number of amides is 1. The molecule has 0 saturated heterocycles. The standard InChI is InChI=1S/C22H21FN2O3/c1-24(16-5-3-2-4-6-16)22(28)14-7-9-19-17(11-14)18-12-15(23)8-10-20(18)25(19)13-21(26)27/h2-6,8,10,12,14H,7,9,11,13H2,1H3,(H,26,27). The van der Waals surface area contributed by atoms with Gasteiger partial charge in [0.1, 0.15) is 12.4 Å². The molecule has 0 spiro atoms. The molecule has 1 heterocycles. The predicted molar refractivity (Wildman–Crippen MR) is 105 cm³/mol. The lowest BCUT2D eigenvalue weighted by atomic mass is 9.85. The largest absolute Gasteiger partial charge is 0.480 e. The summed E-state index contributed by atoms with van der Waals surface area (Å²) in [4.78, 5) is 26.0. The zero-order chi connectivity index (χ0) is 19.8. The van der Waals surface area contributed by atoms with Crippen LogP contribution in [0.2, 0.25) is 0 Å².